The van der Waals surface area contributed by atoms with Gasteiger partial charge in [0.15, 0.2) is 19.0 Å². The topological polar surface area (TPSA) is 116 Å². The Hall–Kier alpha value is -3.20. The Bertz CT molecular complexity index is 1190. The standard InChI is InChI=1S/C22H22N4O4S/c23-21-20-14-3-1-2-4-16(14)31-22(20)26-17(25-21)10-30-19(28)11-29-13-6-7-15-12(9-13)5-8-18(27)24-15/h6-7,9H,1-5,8,10-11H2,(H,24,27)(H2,23,25,26). The Labute approximate surface area is 182 Å². The van der Waals surface area contributed by atoms with Crippen LogP contribution in [0.3, 0.4) is 0 Å². The van der Waals surface area contributed by atoms with Gasteiger partial charge >= 0.3 is 5.97 Å². The third kappa shape index (κ3) is 4.05. The maximum Gasteiger partial charge on any atom is 0.344 e. The Balaban J connectivity index is 1.20. The highest BCUT2D eigenvalue weighted by Gasteiger charge is 2.20. The number of rotatable bonds is 5. The van der Waals surface area contributed by atoms with Crippen LogP contribution < -0.4 is 15.8 Å². The summed E-state index contributed by atoms with van der Waals surface area (Å²) in [6.45, 7) is -0.280. The Morgan fingerprint density at radius 2 is 2.03 bits per heavy atom. The number of hydrogen-bond acceptors (Lipinski definition) is 8. The Morgan fingerprint density at radius 3 is 2.94 bits per heavy atom. The minimum atomic E-state index is -0.515. The van der Waals surface area contributed by atoms with Crippen LogP contribution in [-0.2, 0) is 40.2 Å². The van der Waals surface area contributed by atoms with E-state index in [4.69, 9.17) is 15.2 Å². The van der Waals surface area contributed by atoms with Gasteiger partial charge in [0.2, 0.25) is 5.91 Å². The van der Waals surface area contributed by atoms with Crippen molar-refractivity contribution in [3.8, 4) is 5.75 Å². The second-order valence-electron chi connectivity index (χ2n) is 7.73. The van der Waals surface area contributed by atoms with E-state index in [9.17, 15) is 9.59 Å². The molecule has 0 bridgehead atoms. The molecule has 31 heavy (non-hydrogen) atoms. The number of aryl methyl sites for hydroxylation is 3. The van der Waals surface area contributed by atoms with Gasteiger partial charge in [-0.1, -0.05) is 0 Å². The molecule has 2 aromatic heterocycles. The maximum absolute atomic E-state index is 12.1. The van der Waals surface area contributed by atoms with E-state index in [1.165, 1.54) is 16.9 Å². The normalized spacial score (nSPS) is 15.2. The summed E-state index contributed by atoms with van der Waals surface area (Å²) in [4.78, 5) is 34.7. The van der Waals surface area contributed by atoms with Crippen LogP contribution in [0.2, 0.25) is 0 Å². The molecule has 0 spiro atoms. The number of thiophene rings is 1. The van der Waals surface area contributed by atoms with Crippen molar-refractivity contribution in [1.29, 1.82) is 0 Å². The highest BCUT2D eigenvalue weighted by atomic mass is 32.1. The van der Waals surface area contributed by atoms with Crippen molar-refractivity contribution in [3.05, 3.63) is 40.0 Å². The van der Waals surface area contributed by atoms with Crippen molar-refractivity contribution in [1.82, 2.24) is 9.97 Å². The lowest BCUT2D eigenvalue weighted by atomic mass is 9.97. The van der Waals surface area contributed by atoms with E-state index in [0.717, 1.165) is 40.7 Å². The van der Waals surface area contributed by atoms with E-state index in [1.807, 2.05) is 6.07 Å². The van der Waals surface area contributed by atoms with Gasteiger partial charge in [0.05, 0.1) is 5.39 Å². The van der Waals surface area contributed by atoms with Gasteiger partial charge in [-0.15, -0.1) is 11.3 Å². The van der Waals surface area contributed by atoms with Crippen molar-refractivity contribution < 1.29 is 19.1 Å². The summed E-state index contributed by atoms with van der Waals surface area (Å²) in [7, 11) is 0. The van der Waals surface area contributed by atoms with Crippen LogP contribution in [-0.4, -0.2) is 28.5 Å². The number of carbonyl (C=O) groups excluding carboxylic acids is 2. The number of ether oxygens (including phenoxy) is 2. The first-order valence-electron chi connectivity index (χ1n) is 10.3. The molecule has 1 aromatic carbocycles. The number of nitrogens with zero attached hydrogens (tertiary/aromatic N) is 2. The van der Waals surface area contributed by atoms with Crippen LogP contribution >= 0.6 is 11.3 Å². The highest BCUT2D eigenvalue weighted by molar-refractivity contribution is 7.19. The summed E-state index contributed by atoms with van der Waals surface area (Å²) >= 11 is 1.66. The molecule has 8 nitrogen and oxygen atoms in total. The molecule has 1 aliphatic heterocycles. The molecule has 3 heterocycles. The van der Waals surface area contributed by atoms with E-state index >= 15 is 0 Å². The van der Waals surface area contributed by atoms with E-state index < -0.39 is 5.97 Å². The van der Waals surface area contributed by atoms with Crippen LogP contribution in [0, 0.1) is 0 Å². The molecule has 1 aliphatic carbocycles. The Kier molecular flexibility index (Phi) is 5.19. The second kappa shape index (κ2) is 8.14. The summed E-state index contributed by atoms with van der Waals surface area (Å²) in [5.74, 6) is 0.888. The third-order valence-corrected chi connectivity index (χ3v) is 6.77. The van der Waals surface area contributed by atoms with Crippen molar-refractivity contribution >= 4 is 44.9 Å². The molecular weight excluding hydrogens is 416 g/mol. The molecule has 3 N–H and O–H groups in total. The molecule has 160 valence electrons. The van der Waals surface area contributed by atoms with Crippen LogP contribution in [0.25, 0.3) is 10.2 Å². The quantitative estimate of drug-likeness (QED) is 0.588. The minimum absolute atomic E-state index is 0.00788. The number of benzene rings is 1. The van der Waals surface area contributed by atoms with Crippen molar-refractivity contribution in [2.45, 2.75) is 45.1 Å². The number of nitrogens with two attached hydrogens (primary N) is 1. The van der Waals surface area contributed by atoms with Gasteiger partial charge < -0.3 is 20.5 Å². The maximum atomic E-state index is 12.1. The van der Waals surface area contributed by atoms with Crippen LogP contribution in [0.5, 0.6) is 5.75 Å². The fraction of sp³-hybridized carbons (Fsp3) is 0.364. The molecule has 0 atom stereocenters. The van der Waals surface area contributed by atoms with Gasteiger partial charge in [0.25, 0.3) is 0 Å². The second-order valence-corrected chi connectivity index (χ2v) is 8.82. The predicted octanol–water partition coefficient (Wildman–Crippen LogP) is 3.16. The lowest BCUT2D eigenvalue weighted by Gasteiger charge is -2.17. The Morgan fingerprint density at radius 1 is 1.16 bits per heavy atom. The van der Waals surface area contributed by atoms with E-state index in [-0.39, 0.29) is 19.1 Å². The summed E-state index contributed by atoms with van der Waals surface area (Å²) in [5, 5.41) is 3.77. The van der Waals surface area contributed by atoms with Gasteiger partial charge in [0, 0.05) is 17.0 Å². The predicted molar refractivity (Wildman–Crippen MR) is 117 cm³/mol. The molecule has 0 saturated carbocycles. The summed E-state index contributed by atoms with van der Waals surface area (Å²) in [5.41, 5.74) is 9.25. The average Bonchev–Trinajstić information content (AvgIpc) is 3.15. The van der Waals surface area contributed by atoms with Crippen molar-refractivity contribution in [2.24, 2.45) is 0 Å². The first kappa shape index (κ1) is 19.7. The van der Waals surface area contributed by atoms with Gasteiger partial charge in [-0.2, -0.15) is 0 Å². The summed E-state index contributed by atoms with van der Waals surface area (Å²) in [6, 6.07) is 5.33. The number of carbonyl (C=O) groups is 2. The van der Waals surface area contributed by atoms with Gasteiger partial charge in [-0.05, 0) is 61.4 Å². The molecule has 0 fully saturated rings. The summed E-state index contributed by atoms with van der Waals surface area (Å²) < 4.78 is 10.8. The molecular formula is C22H22N4O4S. The molecule has 0 saturated heterocycles. The molecule has 2 aliphatic rings. The van der Waals surface area contributed by atoms with E-state index in [0.29, 0.717) is 30.2 Å². The van der Waals surface area contributed by atoms with Gasteiger partial charge in [-0.3, -0.25) is 4.79 Å². The molecule has 1 amide bonds. The van der Waals surface area contributed by atoms with Crippen molar-refractivity contribution in [2.75, 3.05) is 17.7 Å². The number of nitrogens with one attached hydrogen (secondary N) is 1. The monoisotopic (exact) mass is 438 g/mol. The van der Waals surface area contributed by atoms with E-state index in [1.54, 1.807) is 23.5 Å². The highest BCUT2D eigenvalue weighted by Crippen LogP contribution is 2.37. The lowest BCUT2D eigenvalue weighted by Crippen LogP contribution is -2.19. The van der Waals surface area contributed by atoms with Crippen LogP contribution in [0.15, 0.2) is 18.2 Å². The smallest absolute Gasteiger partial charge is 0.344 e. The first-order chi connectivity index (χ1) is 15.1. The number of fused-ring (bicyclic) bond motifs is 4. The minimum Gasteiger partial charge on any atom is -0.482 e. The van der Waals surface area contributed by atoms with Gasteiger partial charge in [0.1, 0.15) is 16.4 Å². The fourth-order valence-corrected chi connectivity index (χ4v) is 5.36. The number of amides is 1. The molecule has 0 unspecified atom stereocenters. The average molecular weight is 439 g/mol. The first-order valence-corrected chi connectivity index (χ1v) is 11.2. The SMILES string of the molecule is Nc1nc(COC(=O)COc2ccc3c(c2)CCC(=O)N3)nc2sc3c(c12)CCCC3. The molecule has 0 radical (unpaired) electrons. The largest absolute Gasteiger partial charge is 0.482 e. The van der Waals surface area contributed by atoms with Crippen molar-refractivity contribution in [3.63, 3.8) is 0 Å². The third-order valence-electron chi connectivity index (χ3n) is 5.58. The number of aromatic nitrogens is 2. The molecule has 9 heteroatoms. The molecule has 3 aromatic rings. The van der Waals surface area contributed by atoms with Crippen LogP contribution in [0.1, 0.15) is 41.1 Å². The molecule has 5 rings (SSSR count). The summed E-state index contributed by atoms with van der Waals surface area (Å²) in [6.07, 6.45) is 5.53. The number of hydrogen-bond donors (Lipinski definition) is 2. The van der Waals surface area contributed by atoms with E-state index in [2.05, 4.69) is 15.3 Å². The zero-order chi connectivity index (χ0) is 21.4. The van der Waals surface area contributed by atoms with Crippen LogP contribution in [0.4, 0.5) is 11.5 Å². The number of nitrogen functional groups attached to an aromatic ring is 1. The van der Waals surface area contributed by atoms with Gasteiger partial charge in [-0.25, -0.2) is 14.8 Å². The number of anilines is 2. The zero-order valence-corrected chi connectivity index (χ0v) is 17.7. The lowest BCUT2D eigenvalue weighted by molar-refractivity contribution is -0.147. The fourth-order valence-electron chi connectivity index (χ4n) is 4.07. The zero-order valence-electron chi connectivity index (χ0n) is 16.9. The number of esters is 1.